The zero-order valence-electron chi connectivity index (χ0n) is 18.4. The molecule has 0 aliphatic heterocycles. The third kappa shape index (κ3) is 5.35. The Bertz CT molecular complexity index is 1240. The Morgan fingerprint density at radius 2 is 1.83 bits per heavy atom. The molecule has 9 nitrogen and oxygen atoms in total. The smallest absolute Gasteiger partial charge is 0.454 e. The molecule has 4 rings (SSSR count). The lowest BCUT2D eigenvalue weighted by Crippen LogP contribution is -2.42. The fourth-order valence-corrected chi connectivity index (χ4v) is 3.98. The van der Waals surface area contributed by atoms with E-state index in [0.29, 0.717) is 18.4 Å². The average Bonchev–Trinajstić information content (AvgIpc) is 3.37. The predicted octanol–water partition coefficient (Wildman–Crippen LogP) is 4.09. The fraction of sp³-hybridized carbons (Fsp3) is 0.429. The van der Waals surface area contributed by atoms with Gasteiger partial charge in [0.1, 0.15) is 17.6 Å². The predicted molar refractivity (Wildman–Crippen MR) is 113 cm³/mol. The van der Waals surface area contributed by atoms with Crippen LogP contribution < -0.4 is 10.6 Å². The first-order chi connectivity index (χ1) is 16.5. The summed E-state index contributed by atoms with van der Waals surface area (Å²) in [4.78, 5) is 24.1. The minimum atomic E-state index is -5.09. The number of carbonyl (C=O) groups is 2. The van der Waals surface area contributed by atoms with E-state index in [-0.39, 0.29) is 23.6 Å². The first-order valence-electron chi connectivity index (χ1n) is 10.7. The van der Waals surface area contributed by atoms with Gasteiger partial charge in [-0.1, -0.05) is 6.42 Å². The van der Waals surface area contributed by atoms with Crippen molar-refractivity contribution in [2.24, 2.45) is 7.05 Å². The maximum atomic E-state index is 13.2. The Hall–Kier alpha value is -3.71. The molecule has 0 saturated heterocycles. The summed E-state index contributed by atoms with van der Waals surface area (Å²) in [7, 11) is 1.44. The molecular formula is C21H21F5N6O3. The third-order valence-corrected chi connectivity index (χ3v) is 5.58. The summed E-state index contributed by atoms with van der Waals surface area (Å²) in [6.45, 7) is 0. The lowest BCUT2D eigenvalue weighted by molar-refractivity contribution is -0.206. The summed E-state index contributed by atoms with van der Waals surface area (Å²) in [5.41, 5.74) is -0.164. The number of ether oxygens (including phenoxy) is 1. The van der Waals surface area contributed by atoms with Gasteiger partial charge in [-0.3, -0.25) is 9.48 Å². The zero-order valence-corrected chi connectivity index (χ0v) is 18.4. The molecule has 1 saturated carbocycles. The van der Waals surface area contributed by atoms with Crippen molar-refractivity contribution in [1.29, 1.82) is 0 Å². The van der Waals surface area contributed by atoms with Crippen molar-refractivity contribution in [2.75, 3.05) is 10.6 Å². The van der Waals surface area contributed by atoms with E-state index in [1.54, 1.807) is 18.2 Å². The lowest BCUT2D eigenvalue weighted by Gasteiger charge is -2.32. The Morgan fingerprint density at radius 1 is 1.11 bits per heavy atom. The molecule has 0 bridgehead atoms. The van der Waals surface area contributed by atoms with Crippen molar-refractivity contribution >= 4 is 28.9 Å². The molecule has 0 radical (unpaired) electrons. The van der Waals surface area contributed by atoms with Crippen LogP contribution in [0.3, 0.4) is 0 Å². The van der Waals surface area contributed by atoms with E-state index in [0.717, 1.165) is 11.1 Å². The number of nitrogens with zero attached hydrogens (tertiary/aromatic N) is 4. The zero-order chi connectivity index (χ0) is 25.3. The van der Waals surface area contributed by atoms with Crippen LogP contribution in [0.25, 0.3) is 5.52 Å². The van der Waals surface area contributed by atoms with Crippen molar-refractivity contribution in [3.05, 3.63) is 41.9 Å². The third-order valence-electron chi connectivity index (χ3n) is 5.58. The number of aryl methyl sites for hydroxylation is 1. The lowest BCUT2D eigenvalue weighted by atomic mass is 9.92. The molecule has 1 aliphatic carbocycles. The van der Waals surface area contributed by atoms with Crippen molar-refractivity contribution in [3.8, 4) is 0 Å². The number of rotatable bonds is 6. The Balaban J connectivity index is 1.54. The van der Waals surface area contributed by atoms with E-state index in [1.807, 2.05) is 0 Å². The largest absolute Gasteiger partial charge is 0.490 e. The maximum Gasteiger partial charge on any atom is 0.490 e. The molecule has 2 atom stereocenters. The number of hydrogen-bond donors (Lipinski definition) is 2. The number of nitrogens with one attached hydrogen (secondary N) is 2. The van der Waals surface area contributed by atoms with E-state index in [2.05, 4.69) is 25.6 Å². The second-order valence-electron chi connectivity index (χ2n) is 8.11. The number of carbonyl (C=O) groups excluding carboxylic acids is 2. The highest BCUT2D eigenvalue weighted by atomic mass is 19.4. The van der Waals surface area contributed by atoms with Gasteiger partial charge < -0.3 is 15.4 Å². The van der Waals surface area contributed by atoms with Gasteiger partial charge in [-0.05, 0) is 43.5 Å². The number of anilines is 2. The van der Waals surface area contributed by atoms with Crippen molar-refractivity contribution in [2.45, 2.75) is 50.4 Å². The van der Waals surface area contributed by atoms with Crippen LogP contribution in [0.1, 0.15) is 48.3 Å². The summed E-state index contributed by atoms with van der Waals surface area (Å²) >= 11 is 0. The van der Waals surface area contributed by atoms with Gasteiger partial charge in [-0.15, -0.1) is 5.10 Å². The molecule has 1 fully saturated rings. The number of halogens is 5. The quantitative estimate of drug-likeness (QED) is 0.391. The minimum absolute atomic E-state index is 0.0383. The molecule has 3 aromatic heterocycles. The summed E-state index contributed by atoms with van der Waals surface area (Å²) in [5.74, 6) is -2.72. The highest BCUT2D eigenvalue weighted by molar-refractivity contribution is 6.04. The van der Waals surface area contributed by atoms with Crippen LogP contribution >= 0.6 is 0 Å². The van der Waals surface area contributed by atoms with Crippen molar-refractivity contribution < 1.29 is 36.3 Å². The first-order valence-corrected chi connectivity index (χ1v) is 10.7. The summed E-state index contributed by atoms with van der Waals surface area (Å²) in [5, 5.41) is 13.4. The van der Waals surface area contributed by atoms with Crippen LogP contribution in [0, 0.1) is 0 Å². The molecule has 1 aliphatic rings. The van der Waals surface area contributed by atoms with Gasteiger partial charge >= 0.3 is 12.1 Å². The van der Waals surface area contributed by atoms with Gasteiger partial charge in [0, 0.05) is 13.2 Å². The molecule has 1 amide bonds. The van der Waals surface area contributed by atoms with Gasteiger partial charge in [-0.2, -0.15) is 18.3 Å². The number of amides is 1. The van der Waals surface area contributed by atoms with E-state index in [9.17, 15) is 31.5 Å². The topological polar surface area (TPSA) is 103 Å². The molecule has 14 heteroatoms. The number of alkyl halides is 5. The summed E-state index contributed by atoms with van der Waals surface area (Å²) in [6.07, 6.45) is -5.69. The fourth-order valence-electron chi connectivity index (χ4n) is 3.98. The van der Waals surface area contributed by atoms with E-state index >= 15 is 0 Å². The highest BCUT2D eigenvalue weighted by Crippen LogP contribution is 2.28. The van der Waals surface area contributed by atoms with Crippen LogP contribution in [-0.4, -0.2) is 49.6 Å². The standard InChI is InChI=1S/C21H21F5N6O3/c1-31-10-13(17(30-31)18(22)23)28-19(33)14-8-6-11-7-9-16(29-32(11)14)27-12-4-2-3-5-15(12)35-20(34)21(24,25)26/h6-10,12,15,18H,2-5H2,1H3,(H,27,29)(H,28,33)/t12-,15+/m1/s1. The average molecular weight is 500 g/mol. The van der Waals surface area contributed by atoms with Gasteiger partial charge in [-0.25, -0.2) is 18.1 Å². The summed E-state index contributed by atoms with van der Waals surface area (Å²) < 4.78 is 71.4. The second-order valence-corrected chi connectivity index (χ2v) is 8.11. The Labute approximate surface area is 195 Å². The number of fused-ring (bicyclic) bond motifs is 1. The Morgan fingerprint density at radius 3 is 2.54 bits per heavy atom. The van der Waals surface area contributed by atoms with Gasteiger partial charge in [0.25, 0.3) is 12.3 Å². The molecule has 0 unspecified atom stereocenters. The molecule has 0 aromatic carbocycles. The monoisotopic (exact) mass is 500 g/mol. The molecule has 188 valence electrons. The van der Waals surface area contributed by atoms with Gasteiger partial charge in [0.2, 0.25) is 0 Å². The Kier molecular flexibility index (Phi) is 6.63. The number of esters is 1. The van der Waals surface area contributed by atoms with Crippen molar-refractivity contribution in [3.63, 3.8) is 0 Å². The molecule has 35 heavy (non-hydrogen) atoms. The highest BCUT2D eigenvalue weighted by Gasteiger charge is 2.43. The van der Waals surface area contributed by atoms with Crippen LogP contribution in [0.4, 0.5) is 33.5 Å². The van der Waals surface area contributed by atoms with Gasteiger partial charge in [0.05, 0.1) is 17.2 Å². The summed E-state index contributed by atoms with van der Waals surface area (Å²) in [6, 6.07) is 5.63. The van der Waals surface area contributed by atoms with E-state index in [4.69, 9.17) is 0 Å². The molecule has 3 heterocycles. The van der Waals surface area contributed by atoms with Crippen LogP contribution in [0.2, 0.25) is 0 Å². The van der Waals surface area contributed by atoms with Crippen LogP contribution in [-0.2, 0) is 16.6 Å². The van der Waals surface area contributed by atoms with Crippen LogP contribution in [0.15, 0.2) is 30.5 Å². The van der Waals surface area contributed by atoms with Crippen LogP contribution in [0.5, 0.6) is 0 Å². The van der Waals surface area contributed by atoms with E-state index < -0.39 is 42.3 Å². The maximum absolute atomic E-state index is 13.2. The molecule has 0 spiro atoms. The normalized spacial score (nSPS) is 18.6. The first kappa shape index (κ1) is 24.4. The van der Waals surface area contributed by atoms with Crippen molar-refractivity contribution in [1.82, 2.24) is 19.4 Å². The number of aromatic nitrogens is 4. The van der Waals surface area contributed by atoms with E-state index in [1.165, 1.54) is 23.8 Å². The van der Waals surface area contributed by atoms with Gasteiger partial charge in [0.15, 0.2) is 5.69 Å². The molecule has 3 aromatic rings. The second kappa shape index (κ2) is 9.50. The SMILES string of the molecule is Cn1cc(NC(=O)c2ccc3ccc(N[C@@H]4CCCC[C@@H]4OC(=O)C(F)(F)F)nn23)c(C(F)F)n1. The molecule has 2 N–H and O–H groups in total. The molecular weight excluding hydrogens is 479 g/mol. The number of hydrogen-bond acceptors (Lipinski definition) is 6. The minimum Gasteiger partial charge on any atom is -0.454 e.